The van der Waals surface area contributed by atoms with Crippen molar-refractivity contribution in [2.24, 2.45) is 0 Å². The van der Waals surface area contributed by atoms with Crippen LogP contribution in [0.1, 0.15) is 37.3 Å². The Bertz CT molecular complexity index is 438. The lowest BCUT2D eigenvalue weighted by molar-refractivity contribution is 0.161. The molecule has 0 saturated carbocycles. The maximum Gasteiger partial charge on any atom is 0.161 e. The van der Waals surface area contributed by atoms with Gasteiger partial charge in [-0.05, 0) is 56.5 Å². The predicted octanol–water partition coefficient (Wildman–Crippen LogP) is 2.25. The minimum Gasteiger partial charge on any atom is -0.493 e. The van der Waals surface area contributed by atoms with Crippen LogP contribution >= 0.6 is 0 Å². The van der Waals surface area contributed by atoms with Crippen LogP contribution in [0.5, 0.6) is 11.5 Å². The second-order valence-electron chi connectivity index (χ2n) is 5.65. The van der Waals surface area contributed by atoms with E-state index < -0.39 is 0 Å². The molecule has 2 saturated heterocycles. The number of hydrogen-bond donors (Lipinski definition) is 2. The highest BCUT2D eigenvalue weighted by Crippen LogP contribution is 2.34. The summed E-state index contributed by atoms with van der Waals surface area (Å²) in [5.41, 5.74) is 1.31. The average Bonchev–Trinajstić information content (AvgIpc) is 3.02. The SMILES string of the molecule is COc1ccc(C2CCCN2)cc1OC1CCCNC1. The van der Waals surface area contributed by atoms with Crippen molar-refractivity contribution in [3.05, 3.63) is 23.8 Å². The summed E-state index contributed by atoms with van der Waals surface area (Å²) in [7, 11) is 1.70. The molecule has 2 fully saturated rings. The lowest BCUT2D eigenvalue weighted by Crippen LogP contribution is -2.37. The highest BCUT2D eigenvalue weighted by Gasteiger charge is 2.20. The van der Waals surface area contributed by atoms with Crippen LogP contribution in [-0.4, -0.2) is 32.8 Å². The first-order valence-corrected chi connectivity index (χ1v) is 7.65. The molecule has 2 unspecified atom stereocenters. The van der Waals surface area contributed by atoms with E-state index in [-0.39, 0.29) is 6.10 Å². The van der Waals surface area contributed by atoms with Crippen molar-refractivity contribution in [1.29, 1.82) is 0 Å². The average molecular weight is 276 g/mol. The fourth-order valence-electron chi connectivity index (χ4n) is 3.07. The van der Waals surface area contributed by atoms with E-state index in [4.69, 9.17) is 9.47 Å². The maximum atomic E-state index is 6.16. The van der Waals surface area contributed by atoms with Gasteiger partial charge in [0.1, 0.15) is 6.10 Å². The smallest absolute Gasteiger partial charge is 0.161 e. The first kappa shape index (κ1) is 13.7. The lowest BCUT2D eigenvalue weighted by atomic mass is 10.0. The number of rotatable bonds is 4. The Hall–Kier alpha value is -1.26. The van der Waals surface area contributed by atoms with Crippen molar-refractivity contribution in [3.8, 4) is 11.5 Å². The number of piperidine rings is 1. The van der Waals surface area contributed by atoms with Gasteiger partial charge < -0.3 is 20.1 Å². The Morgan fingerprint density at radius 3 is 2.70 bits per heavy atom. The standard InChI is InChI=1S/C16H24N2O2/c1-19-15-7-6-12(14-5-3-9-18-14)10-16(15)20-13-4-2-8-17-11-13/h6-7,10,13-14,17-18H,2-5,8-9,11H2,1H3. The monoisotopic (exact) mass is 276 g/mol. The van der Waals surface area contributed by atoms with Crippen LogP contribution in [0.2, 0.25) is 0 Å². The summed E-state index contributed by atoms with van der Waals surface area (Å²) in [5.74, 6) is 1.71. The zero-order valence-corrected chi connectivity index (χ0v) is 12.2. The highest BCUT2D eigenvalue weighted by atomic mass is 16.5. The van der Waals surface area contributed by atoms with Gasteiger partial charge in [-0.2, -0.15) is 0 Å². The first-order valence-electron chi connectivity index (χ1n) is 7.65. The Balaban J connectivity index is 1.76. The summed E-state index contributed by atoms with van der Waals surface area (Å²) in [6, 6.07) is 6.79. The predicted molar refractivity (Wildman–Crippen MR) is 79.5 cm³/mol. The molecule has 2 heterocycles. The molecule has 0 bridgehead atoms. The molecule has 2 atom stereocenters. The maximum absolute atomic E-state index is 6.16. The topological polar surface area (TPSA) is 42.5 Å². The van der Waals surface area contributed by atoms with Crippen LogP contribution in [0.15, 0.2) is 18.2 Å². The molecule has 2 aliphatic rings. The van der Waals surface area contributed by atoms with E-state index in [0.717, 1.165) is 37.6 Å². The lowest BCUT2D eigenvalue weighted by Gasteiger charge is -2.25. The van der Waals surface area contributed by atoms with Crippen LogP contribution in [0, 0.1) is 0 Å². The van der Waals surface area contributed by atoms with Crippen LogP contribution < -0.4 is 20.1 Å². The molecule has 4 heteroatoms. The third kappa shape index (κ3) is 3.07. The normalized spacial score (nSPS) is 26.4. The van der Waals surface area contributed by atoms with Crippen molar-refractivity contribution < 1.29 is 9.47 Å². The van der Waals surface area contributed by atoms with Gasteiger partial charge in [0, 0.05) is 12.6 Å². The third-order valence-electron chi connectivity index (χ3n) is 4.20. The molecule has 4 nitrogen and oxygen atoms in total. The van der Waals surface area contributed by atoms with Crippen molar-refractivity contribution in [3.63, 3.8) is 0 Å². The molecule has 1 aromatic rings. The molecular weight excluding hydrogens is 252 g/mol. The summed E-state index contributed by atoms with van der Waals surface area (Å²) in [5, 5.41) is 6.92. The Morgan fingerprint density at radius 1 is 1.10 bits per heavy atom. The van der Waals surface area contributed by atoms with Gasteiger partial charge in [0.25, 0.3) is 0 Å². The third-order valence-corrected chi connectivity index (χ3v) is 4.20. The van der Waals surface area contributed by atoms with Gasteiger partial charge in [0.2, 0.25) is 0 Å². The van der Waals surface area contributed by atoms with E-state index in [9.17, 15) is 0 Å². The van der Waals surface area contributed by atoms with Crippen molar-refractivity contribution >= 4 is 0 Å². The second kappa shape index (κ2) is 6.46. The molecular formula is C16H24N2O2. The van der Waals surface area contributed by atoms with E-state index in [1.54, 1.807) is 7.11 Å². The zero-order chi connectivity index (χ0) is 13.8. The Labute approximate surface area is 120 Å². The van der Waals surface area contributed by atoms with E-state index in [1.807, 2.05) is 6.07 Å². The zero-order valence-electron chi connectivity index (χ0n) is 12.2. The quantitative estimate of drug-likeness (QED) is 0.885. The minimum absolute atomic E-state index is 0.254. The number of hydrogen-bond acceptors (Lipinski definition) is 4. The van der Waals surface area contributed by atoms with E-state index in [2.05, 4.69) is 22.8 Å². The summed E-state index contributed by atoms with van der Waals surface area (Å²) < 4.78 is 11.6. The van der Waals surface area contributed by atoms with Gasteiger partial charge in [-0.1, -0.05) is 6.07 Å². The molecule has 20 heavy (non-hydrogen) atoms. The molecule has 0 amide bonds. The van der Waals surface area contributed by atoms with Gasteiger partial charge in [0.15, 0.2) is 11.5 Å². The number of nitrogens with one attached hydrogen (secondary N) is 2. The summed E-state index contributed by atoms with van der Waals surface area (Å²) >= 11 is 0. The molecule has 1 aromatic carbocycles. The summed E-state index contributed by atoms with van der Waals surface area (Å²) in [4.78, 5) is 0. The number of ether oxygens (including phenoxy) is 2. The van der Waals surface area contributed by atoms with Gasteiger partial charge in [-0.15, -0.1) is 0 Å². The summed E-state index contributed by atoms with van der Waals surface area (Å²) in [6.07, 6.45) is 5.00. The highest BCUT2D eigenvalue weighted by molar-refractivity contribution is 5.44. The Morgan fingerprint density at radius 2 is 2.00 bits per heavy atom. The molecule has 2 N–H and O–H groups in total. The van der Waals surface area contributed by atoms with E-state index >= 15 is 0 Å². The molecule has 0 aromatic heterocycles. The Kier molecular flexibility index (Phi) is 4.43. The molecule has 0 spiro atoms. The van der Waals surface area contributed by atoms with Crippen LogP contribution in [0.25, 0.3) is 0 Å². The van der Waals surface area contributed by atoms with E-state index in [1.165, 1.54) is 24.8 Å². The van der Waals surface area contributed by atoms with Gasteiger partial charge in [0.05, 0.1) is 7.11 Å². The van der Waals surface area contributed by atoms with Crippen LogP contribution in [0.4, 0.5) is 0 Å². The van der Waals surface area contributed by atoms with Crippen molar-refractivity contribution in [2.45, 2.75) is 37.8 Å². The van der Waals surface area contributed by atoms with Crippen LogP contribution in [0.3, 0.4) is 0 Å². The molecule has 0 radical (unpaired) electrons. The number of methoxy groups -OCH3 is 1. The number of benzene rings is 1. The molecule has 0 aliphatic carbocycles. The van der Waals surface area contributed by atoms with E-state index in [0.29, 0.717) is 6.04 Å². The minimum atomic E-state index is 0.254. The summed E-state index contributed by atoms with van der Waals surface area (Å²) in [6.45, 7) is 3.14. The molecule has 3 rings (SSSR count). The largest absolute Gasteiger partial charge is 0.493 e. The van der Waals surface area contributed by atoms with Gasteiger partial charge in [-0.3, -0.25) is 0 Å². The van der Waals surface area contributed by atoms with Crippen LogP contribution in [-0.2, 0) is 0 Å². The van der Waals surface area contributed by atoms with Crippen molar-refractivity contribution in [2.75, 3.05) is 26.7 Å². The van der Waals surface area contributed by atoms with Gasteiger partial charge >= 0.3 is 0 Å². The molecule has 110 valence electrons. The fraction of sp³-hybridized carbons (Fsp3) is 0.625. The van der Waals surface area contributed by atoms with Crippen molar-refractivity contribution in [1.82, 2.24) is 10.6 Å². The second-order valence-corrected chi connectivity index (χ2v) is 5.65. The van der Waals surface area contributed by atoms with Gasteiger partial charge in [-0.25, -0.2) is 0 Å². The fourth-order valence-corrected chi connectivity index (χ4v) is 3.07. The molecule has 2 aliphatic heterocycles. The first-order chi connectivity index (χ1) is 9.86.